The van der Waals surface area contributed by atoms with E-state index in [0.29, 0.717) is 0 Å². The fraction of sp³-hybridized carbons (Fsp3) is 0.727. The number of aliphatic imine (C=N–C) groups is 1. The third-order valence-corrected chi connectivity index (χ3v) is 3.30. The van der Waals surface area contributed by atoms with Crippen molar-refractivity contribution >= 4 is 6.21 Å². The summed E-state index contributed by atoms with van der Waals surface area (Å²) in [6, 6.07) is 0. The zero-order valence-electron chi connectivity index (χ0n) is 8.38. The average Bonchev–Trinajstić information content (AvgIpc) is 2.47. The lowest BCUT2D eigenvalue weighted by Gasteiger charge is -2.29. The molecule has 1 atom stereocenters. The molecule has 0 aromatic rings. The Morgan fingerprint density at radius 3 is 2.92 bits per heavy atom. The van der Waals surface area contributed by atoms with Crippen LogP contribution in [0.15, 0.2) is 16.3 Å². The zero-order valence-corrected chi connectivity index (χ0v) is 8.38. The number of aliphatic hydroxyl groups is 1. The standard InChI is InChI=1S/C11H17NO/c1-8(2)11(13)6-5-9-4-3-7-12-10(9)11/h7-8,13H,3-6H2,1-2H3. The van der Waals surface area contributed by atoms with Crippen molar-refractivity contribution < 1.29 is 5.11 Å². The van der Waals surface area contributed by atoms with E-state index in [0.717, 1.165) is 31.4 Å². The van der Waals surface area contributed by atoms with Gasteiger partial charge in [0, 0.05) is 6.21 Å². The van der Waals surface area contributed by atoms with E-state index in [9.17, 15) is 5.11 Å². The van der Waals surface area contributed by atoms with Crippen LogP contribution in [0, 0.1) is 5.92 Å². The number of allylic oxidation sites excluding steroid dienone is 1. The van der Waals surface area contributed by atoms with Crippen molar-refractivity contribution in [3.63, 3.8) is 0 Å². The first-order chi connectivity index (χ1) is 6.14. The van der Waals surface area contributed by atoms with E-state index in [1.165, 1.54) is 5.57 Å². The Morgan fingerprint density at radius 2 is 2.23 bits per heavy atom. The first-order valence-electron chi connectivity index (χ1n) is 5.12. The molecule has 13 heavy (non-hydrogen) atoms. The molecule has 1 aliphatic carbocycles. The van der Waals surface area contributed by atoms with E-state index in [1.54, 1.807) is 0 Å². The fourth-order valence-electron chi connectivity index (χ4n) is 2.29. The Balaban J connectivity index is 2.35. The van der Waals surface area contributed by atoms with Crippen molar-refractivity contribution in [2.24, 2.45) is 10.9 Å². The normalized spacial score (nSPS) is 32.9. The molecule has 2 rings (SSSR count). The summed E-state index contributed by atoms with van der Waals surface area (Å²) in [7, 11) is 0. The molecule has 0 radical (unpaired) electrons. The van der Waals surface area contributed by atoms with E-state index in [2.05, 4.69) is 18.8 Å². The minimum atomic E-state index is -0.633. The number of hydrogen-bond acceptors (Lipinski definition) is 2. The van der Waals surface area contributed by atoms with Crippen molar-refractivity contribution in [3.05, 3.63) is 11.3 Å². The molecule has 0 saturated carbocycles. The highest BCUT2D eigenvalue weighted by Gasteiger charge is 2.41. The molecule has 2 nitrogen and oxygen atoms in total. The van der Waals surface area contributed by atoms with Gasteiger partial charge in [-0.3, -0.25) is 4.99 Å². The maximum absolute atomic E-state index is 10.4. The highest BCUT2D eigenvalue weighted by atomic mass is 16.3. The Morgan fingerprint density at radius 1 is 1.46 bits per heavy atom. The molecular weight excluding hydrogens is 162 g/mol. The van der Waals surface area contributed by atoms with E-state index in [4.69, 9.17) is 0 Å². The Labute approximate surface area is 79.4 Å². The van der Waals surface area contributed by atoms with Crippen LogP contribution in [-0.4, -0.2) is 16.9 Å². The van der Waals surface area contributed by atoms with Crippen LogP contribution in [0.3, 0.4) is 0 Å². The summed E-state index contributed by atoms with van der Waals surface area (Å²) in [5, 5.41) is 10.4. The largest absolute Gasteiger partial charge is 0.383 e. The summed E-state index contributed by atoms with van der Waals surface area (Å²) < 4.78 is 0. The molecule has 1 N–H and O–H groups in total. The minimum Gasteiger partial charge on any atom is -0.383 e. The molecule has 2 heteroatoms. The molecular formula is C11H17NO. The van der Waals surface area contributed by atoms with Crippen LogP contribution in [0.1, 0.15) is 39.5 Å². The molecule has 0 spiro atoms. The highest BCUT2D eigenvalue weighted by molar-refractivity contribution is 5.63. The van der Waals surface area contributed by atoms with E-state index < -0.39 is 5.60 Å². The summed E-state index contributed by atoms with van der Waals surface area (Å²) in [5.41, 5.74) is 1.74. The van der Waals surface area contributed by atoms with Crippen LogP contribution in [-0.2, 0) is 0 Å². The molecule has 0 aromatic carbocycles. The van der Waals surface area contributed by atoms with Gasteiger partial charge in [0.25, 0.3) is 0 Å². The van der Waals surface area contributed by atoms with Crippen LogP contribution in [0.4, 0.5) is 0 Å². The molecule has 0 aromatic heterocycles. The predicted octanol–water partition coefficient (Wildman–Crippen LogP) is 2.29. The van der Waals surface area contributed by atoms with Gasteiger partial charge in [-0.05, 0) is 37.2 Å². The quantitative estimate of drug-likeness (QED) is 0.658. The lowest BCUT2D eigenvalue weighted by atomic mass is 9.87. The minimum absolute atomic E-state index is 0.273. The van der Waals surface area contributed by atoms with Gasteiger partial charge in [-0.1, -0.05) is 13.8 Å². The lowest BCUT2D eigenvalue weighted by molar-refractivity contribution is 0.0314. The van der Waals surface area contributed by atoms with Crippen molar-refractivity contribution in [1.29, 1.82) is 0 Å². The van der Waals surface area contributed by atoms with Crippen molar-refractivity contribution in [3.8, 4) is 0 Å². The molecule has 0 fully saturated rings. The summed E-state index contributed by atoms with van der Waals surface area (Å²) in [5.74, 6) is 0.273. The molecule has 0 saturated heterocycles. The van der Waals surface area contributed by atoms with E-state index >= 15 is 0 Å². The second-order valence-corrected chi connectivity index (χ2v) is 4.38. The smallest absolute Gasteiger partial charge is 0.109 e. The number of rotatable bonds is 1. The van der Waals surface area contributed by atoms with Crippen LogP contribution in [0.5, 0.6) is 0 Å². The zero-order chi connectivity index (χ0) is 9.47. The van der Waals surface area contributed by atoms with Gasteiger partial charge < -0.3 is 5.11 Å². The van der Waals surface area contributed by atoms with Crippen molar-refractivity contribution in [2.45, 2.75) is 45.1 Å². The first kappa shape index (κ1) is 8.95. The third-order valence-electron chi connectivity index (χ3n) is 3.30. The second kappa shape index (κ2) is 2.95. The maximum atomic E-state index is 10.4. The predicted molar refractivity (Wildman–Crippen MR) is 53.8 cm³/mol. The number of hydrogen-bond donors (Lipinski definition) is 1. The van der Waals surface area contributed by atoms with Crippen molar-refractivity contribution in [1.82, 2.24) is 0 Å². The lowest BCUT2D eigenvalue weighted by Crippen LogP contribution is -2.34. The molecule has 2 aliphatic rings. The van der Waals surface area contributed by atoms with Gasteiger partial charge in [-0.15, -0.1) is 0 Å². The van der Waals surface area contributed by atoms with Crippen LogP contribution < -0.4 is 0 Å². The second-order valence-electron chi connectivity index (χ2n) is 4.38. The van der Waals surface area contributed by atoms with Gasteiger partial charge in [0.2, 0.25) is 0 Å². The highest BCUT2D eigenvalue weighted by Crippen LogP contribution is 2.43. The van der Waals surface area contributed by atoms with Gasteiger partial charge in [-0.2, -0.15) is 0 Å². The Bertz CT molecular complexity index is 278. The topological polar surface area (TPSA) is 32.6 Å². The SMILES string of the molecule is CC(C)C1(O)CCC2=C1N=CCC2. The molecule has 1 unspecified atom stereocenters. The molecule has 1 aliphatic heterocycles. The van der Waals surface area contributed by atoms with Crippen LogP contribution in [0.2, 0.25) is 0 Å². The van der Waals surface area contributed by atoms with E-state index in [1.807, 2.05) is 6.21 Å². The van der Waals surface area contributed by atoms with Crippen LogP contribution in [0.25, 0.3) is 0 Å². The maximum Gasteiger partial charge on any atom is 0.109 e. The Hall–Kier alpha value is -0.630. The van der Waals surface area contributed by atoms with Crippen LogP contribution >= 0.6 is 0 Å². The van der Waals surface area contributed by atoms with Crippen molar-refractivity contribution in [2.75, 3.05) is 0 Å². The summed E-state index contributed by atoms with van der Waals surface area (Å²) in [4.78, 5) is 4.37. The molecule has 1 heterocycles. The average molecular weight is 179 g/mol. The van der Waals surface area contributed by atoms with Gasteiger partial charge in [0.05, 0.1) is 5.70 Å². The van der Waals surface area contributed by atoms with Gasteiger partial charge >= 0.3 is 0 Å². The van der Waals surface area contributed by atoms with Gasteiger partial charge in [0.1, 0.15) is 5.60 Å². The van der Waals surface area contributed by atoms with Gasteiger partial charge in [-0.25, -0.2) is 0 Å². The monoisotopic (exact) mass is 179 g/mol. The van der Waals surface area contributed by atoms with Gasteiger partial charge in [0.15, 0.2) is 0 Å². The molecule has 0 amide bonds. The molecule has 0 bridgehead atoms. The summed E-state index contributed by atoms with van der Waals surface area (Å²) >= 11 is 0. The number of nitrogens with zero attached hydrogens (tertiary/aromatic N) is 1. The summed E-state index contributed by atoms with van der Waals surface area (Å²) in [6.45, 7) is 4.14. The van der Waals surface area contributed by atoms with E-state index in [-0.39, 0.29) is 5.92 Å². The fourth-order valence-corrected chi connectivity index (χ4v) is 2.29. The Kier molecular flexibility index (Phi) is 2.03. The summed E-state index contributed by atoms with van der Waals surface area (Å²) in [6.07, 6.45) is 6.01. The third kappa shape index (κ3) is 1.24. The first-order valence-corrected chi connectivity index (χ1v) is 5.12. The molecule has 72 valence electrons.